The number of halogens is 1. The fraction of sp³-hybridized carbons (Fsp3) is 0.318. The van der Waals surface area contributed by atoms with Crippen molar-refractivity contribution in [2.45, 2.75) is 43.4 Å². The van der Waals surface area contributed by atoms with Crippen LogP contribution in [0, 0.1) is 0 Å². The maximum Gasteiger partial charge on any atom is 0.254 e. The van der Waals surface area contributed by atoms with Crippen molar-refractivity contribution < 1.29 is 9.18 Å². The van der Waals surface area contributed by atoms with Crippen LogP contribution >= 0.6 is 0 Å². The lowest BCUT2D eigenvalue weighted by Crippen LogP contribution is -2.54. The van der Waals surface area contributed by atoms with Gasteiger partial charge in [0.2, 0.25) is 0 Å². The lowest BCUT2D eigenvalue weighted by molar-refractivity contribution is 0.0523. The quantitative estimate of drug-likeness (QED) is 0.744. The third-order valence-electron chi connectivity index (χ3n) is 5.74. The number of rotatable bonds is 4. The number of hydrogen-bond acceptors (Lipinski definition) is 1. The van der Waals surface area contributed by atoms with Gasteiger partial charge in [-0.2, -0.15) is 0 Å². The summed E-state index contributed by atoms with van der Waals surface area (Å²) in [5.74, 6) is 0.0123. The molecule has 128 valence electrons. The summed E-state index contributed by atoms with van der Waals surface area (Å²) in [6.07, 6.45) is 2.54. The first-order chi connectivity index (χ1) is 12.2. The van der Waals surface area contributed by atoms with Gasteiger partial charge < -0.3 is 4.90 Å². The SMILES string of the molecule is C=CC[C@]12C[C@@H](F)C[C@H]1N(Cc1ccccc1)C(=O)c1ccccc12. The first-order valence-electron chi connectivity index (χ1n) is 8.85. The molecular formula is C22H22FNO. The monoisotopic (exact) mass is 335 g/mol. The van der Waals surface area contributed by atoms with E-state index in [1.54, 1.807) is 0 Å². The molecular weight excluding hydrogens is 313 g/mol. The van der Waals surface area contributed by atoms with E-state index in [0.29, 0.717) is 31.4 Å². The second-order valence-corrected chi connectivity index (χ2v) is 7.17. The minimum absolute atomic E-state index is 0.0123. The minimum atomic E-state index is -0.887. The summed E-state index contributed by atoms with van der Waals surface area (Å²) in [5.41, 5.74) is 2.42. The Hall–Kier alpha value is -2.42. The number of nitrogens with zero attached hydrogens (tertiary/aromatic N) is 1. The number of carbonyl (C=O) groups excluding carboxylic acids is 1. The maximum atomic E-state index is 14.6. The Morgan fingerprint density at radius 3 is 2.64 bits per heavy atom. The van der Waals surface area contributed by atoms with Crippen LogP contribution in [0.15, 0.2) is 67.3 Å². The van der Waals surface area contributed by atoms with E-state index in [2.05, 4.69) is 6.58 Å². The molecule has 1 amide bonds. The van der Waals surface area contributed by atoms with Crippen molar-refractivity contribution in [3.05, 3.63) is 83.9 Å². The van der Waals surface area contributed by atoms with E-state index in [-0.39, 0.29) is 17.4 Å². The highest BCUT2D eigenvalue weighted by atomic mass is 19.1. The molecule has 1 saturated carbocycles. The molecule has 4 rings (SSSR count). The molecule has 1 aliphatic heterocycles. The molecule has 2 nitrogen and oxygen atoms in total. The molecule has 1 aliphatic carbocycles. The predicted molar refractivity (Wildman–Crippen MR) is 97.2 cm³/mol. The standard InChI is InChI=1S/C22H22FNO/c1-2-12-22-14-17(23)13-20(22)24(15-16-8-4-3-5-9-16)21(25)18-10-6-7-11-19(18)22/h2-11,17,20H,1,12-15H2/t17-,20+,22+/m0/s1. The minimum Gasteiger partial charge on any atom is -0.330 e. The predicted octanol–water partition coefficient (Wildman–Crippen LogP) is 4.66. The molecule has 2 aromatic carbocycles. The molecule has 0 aromatic heterocycles. The zero-order chi connectivity index (χ0) is 17.4. The van der Waals surface area contributed by atoms with Crippen molar-refractivity contribution in [1.29, 1.82) is 0 Å². The normalized spacial score (nSPS) is 27.7. The lowest BCUT2D eigenvalue weighted by atomic mass is 9.68. The molecule has 1 heterocycles. The molecule has 25 heavy (non-hydrogen) atoms. The highest BCUT2D eigenvalue weighted by Crippen LogP contribution is 2.52. The Morgan fingerprint density at radius 1 is 1.16 bits per heavy atom. The molecule has 2 aliphatic rings. The second kappa shape index (κ2) is 6.14. The Kier molecular flexibility index (Phi) is 3.95. The van der Waals surface area contributed by atoms with Gasteiger partial charge in [-0.15, -0.1) is 6.58 Å². The Labute approximate surface area is 148 Å². The van der Waals surface area contributed by atoms with Gasteiger partial charge in [0.15, 0.2) is 0 Å². The fourth-order valence-electron chi connectivity index (χ4n) is 4.75. The Balaban J connectivity index is 1.84. The summed E-state index contributed by atoms with van der Waals surface area (Å²) in [4.78, 5) is 15.1. The first kappa shape index (κ1) is 16.1. The molecule has 1 fully saturated rings. The van der Waals surface area contributed by atoms with Gasteiger partial charge in [0, 0.05) is 23.6 Å². The van der Waals surface area contributed by atoms with Crippen LogP contribution in [0.4, 0.5) is 4.39 Å². The molecule has 0 bridgehead atoms. The van der Waals surface area contributed by atoms with E-state index in [1.807, 2.05) is 65.6 Å². The molecule has 3 atom stereocenters. The van der Waals surface area contributed by atoms with Crippen molar-refractivity contribution in [3.8, 4) is 0 Å². The summed E-state index contributed by atoms with van der Waals surface area (Å²) in [6.45, 7) is 4.43. The van der Waals surface area contributed by atoms with Crippen molar-refractivity contribution in [3.63, 3.8) is 0 Å². The van der Waals surface area contributed by atoms with Crippen LogP contribution < -0.4 is 0 Å². The van der Waals surface area contributed by atoms with E-state index in [0.717, 1.165) is 11.1 Å². The van der Waals surface area contributed by atoms with E-state index in [1.165, 1.54) is 0 Å². The average Bonchev–Trinajstić information content (AvgIpc) is 2.97. The summed E-state index contributed by atoms with van der Waals surface area (Å²) in [6, 6.07) is 17.5. The van der Waals surface area contributed by atoms with Crippen LogP contribution in [-0.4, -0.2) is 23.0 Å². The number of alkyl halides is 1. The molecule has 2 aromatic rings. The van der Waals surface area contributed by atoms with Crippen LogP contribution in [0.25, 0.3) is 0 Å². The largest absolute Gasteiger partial charge is 0.330 e. The smallest absolute Gasteiger partial charge is 0.254 e. The molecule has 0 unspecified atom stereocenters. The van der Waals surface area contributed by atoms with Gasteiger partial charge in [-0.1, -0.05) is 54.6 Å². The van der Waals surface area contributed by atoms with Gasteiger partial charge in [0.05, 0.1) is 0 Å². The van der Waals surface area contributed by atoms with Gasteiger partial charge >= 0.3 is 0 Å². The van der Waals surface area contributed by atoms with Gasteiger partial charge in [0.1, 0.15) is 6.17 Å². The summed E-state index contributed by atoms with van der Waals surface area (Å²) < 4.78 is 14.6. The summed E-state index contributed by atoms with van der Waals surface area (Å²) >= 11 is 0. The summed E-state index contributed by atoms with van der Waals surface area (Å²) in [7, 11) is 0. The fourth-order valence-corrected chi connectivity index (χ4v) is 4.75. The van der Waals surface area contributed by atoms with Gasteiger partial charge in [-0.3, -0.25) is 4.79 Å². The summed E-state index contributed by atoms with van der Waals surface area (Å²) in [5, 5.41) is 0. The maximum absolute atomic E-state index is 14.6. The van der Waals surface area contributed by atoms with E-state index in [4.69, 9.17) is 0 Å². The first-order valence-corrected chi connectivity index (χ1v) is 8.85. The molecule has 0 saturated heterocycles. The van der Waals surface area contributed by atoms with Crippen LogP contribution in [0.1, 0.15) is 40.7 Å². The number of hydrogen-bond donors (Lipinski definition) is 0. The number of fused-ring (bicyclic) bond motifs is 3. The Morgan fingerprint density at radius 2 is 1.88 bits per heavy atom. The third-order valence-corrected chi connectivity index (χ3v) is 5.74. The number of amides is 1. The molecule has 0 radical (unpaired) electrons. The highest BCUT2D eigenvalue weighted by Gasteiger charge is 2.55. The Bertz CT molecular complexity index is 803. The van der Waals surface area contributed by atoms with Crippen molar-refractivity contribution >= 4 is 5.91 Å². The van der Waals surface area contributed by atoms with Crippen LogP contribution in [0.3, 0.4) is 0 Å². The van der Waals surface area contributed by atoms with Crippen molar-refractivity contribution in [1.82, 2.24) is 4.90 Å². The van der Waals surface area contributed by atoms with Crippen molar-refractivity contribution in [2.75, 3.05) is 0 Å². The van der Waals surface area contributed by atoms with Crippen LogP contribution in [0.2, 0.25) is 0 Å². The van der Waals surface area contributed by atoms with Crippen molar-refractivity contribution in [2.24, 2.45) is 0 Å². The highest BCUT2D eigenvalue weighted by molar-refractivity contribution is 5.98. The van der Waals surface area contributed by atoms with Crippen LogP contribution in [-0.2, 0) is 12.0 Å². The van der Waals surface area contributed by atoms with Crippen LogP contribution in [0.5, 0.6) is 0 Å². The van der Waals surface area contributed by atoms with Gasteiger partial charge in [0.25, 0.3) is 5.91 Å². The van der Waals surface area contributed by atoms with E-state index in [9.17, 15) is 9.18 Å². The lowest BCUT2D eigenvalue weighted by Gasteiger charge is -2.47. The average molecular weight is 335 g/mol. The molecule has 0 N–H and O–H groups in total. The number of carbonyl (C=O) groups is 1. The third kappa shape index (κ3) is 2.50. The molecule has 3 heteroatoms. The van der Waals surface area contributed by atoms with Gasteiger partial charge in [-0.25, -0.2) is 4.39 Å². The number of benzene rings is 2. The van der Waals surface area contributed by atoms with Gasteiger partial charge in [-0.05, 0) is 36.5 Å². The molecule has 0 spiro atoms. The zero-order valence-electron chi connectivity index (χ0n) is 14.2. The second-order valence-electron chi connectivity index (χ2n) is 7.17. The number of allylic oxidation sites excluding steroid dienone is 1. The topological polar surface area (TPSA) is 20.3 Å². The zero-order valence-corrected chi connectivity index (χ0v) is 14.2. The van der Waals surface area contributed by atoms with E-state index < -0.39 is 6.17 Å². The van der Waals surface area contributed by atoms with E-state index >= 15 is 0 Å².